The number of aromatic nitrogens is 5. The maximum Gasteiger partial charge on any atom is 0.417 e. The van der Waals surface area contributed by atoms with E-state index < -0.39 is 17.8 Å². The van der Waals surface area contributed by atoms with Gasteiger partial charge in [0.25, 0.3) is 5.91 Å². The van der Waals surface area contributed by atoms with E-state index in [0.29, 0.717) is 30.8 Å². The molecule has 1 amide bonds. The number of halogens is 3. The fourth-order valence-electron chi connectivity index (χ4n) is 3.37. The van der Waals surface area contributed by atoms with Crippen LogP contribution in [0.2, 0.25) is 0 Å². The summed E-state index contributed by atoms with van der Waals surface area (Å²) in [6, 6.07) is 5.62. The van der Waals surface area contributed by atoms with Crippen LogP contribution in [0.5, 0.6) is 5.88 Å². The number of piperidine rings is 1. The summed E-state index contributed by atoms with van der Waals surface area (Å²) in [5.41, 5.74) is 0.529. The molecule has 1 aliphatic heterocycles. The van der Waals surface area contributed by atoms with E-state index >= 15 is 0 Å². The molecule has 0 spiro atoms. The van der Waals surface area contributed by atoms with Gasteiger partial charge in [-0.25, -0.2) is 9.97 Å². The lowest BCUT2D eigenvalue weighted by molar-refractivity contribution is -0.137. The summed E-state index contributed by atoms with van der Waals surface area (Å²) >= 11 is 0. The fourth-order valence-corrected chi connectivity index (χ4v) is 3.37. The molecule has 0 aromatic carbocycles. The van der Waals surface area contributed by atoms with Crippen LogP contribution in [0.1, 0.15) is 34.6 Å². The Balaban J connectivity index is 1.49. The van der Waals surface area contributed by atoms with E-state index in [1.807, 2.05) is 0 Å². The Morgan fingerprint density at radius 3 is 2.61 bits per heavy atom. The number of aryl methyl sites for hydroxylation is 1. The largest absolute Gasteiger partial charge is 0.472 e. The summed E-state index contributed by atoms with van der Waals surface area (Å²) in [6.07, 6.45) is 0.242. The van der Waals surface area contributed by atoms with Crippen LogP contribution in [0.4, 0.5) is 13.2 Å². The molecule has 0 radical (unpaired) electrons. The number of carbonyl (C=O) groups is 1. The Bertz CT molecular complexity index is 1050. The normalized spacial score (nSPS) is 16.9. The third kappa shape index (κ3) is 4.65. The summed E-state index contributed by atoms with van der Waals surface area (Å²) < 4.78 is 43.8. The SMILES string of the molecule is Cc1ccc(-n2nccn2)c(C(=O)N2CCCC(Oc3ccc(C(F)(F)F)cn3)C2)n1. The molecule has 3 aromatic rings. The van der Waals surface area contributed by atoms with E-state index in [2.05, 4.69) is 20.2 Å². The molecule has 1 aliphatic rings. The number of amides is 1. The second-order valence-corrected chi connectivity index (χ2v) is 7.16. The molecule has 31 heavy (non-hydrogen) atoms. The van der Waals surface area contributed by atoms with Crippen molar-refractivity contribution in [1.82, 2.24) is 29.9 Å². The molecule has 3 aromatic heterocycles. The number of hydrogen-bond donors (Lipinski definition) is 0. The molecule has 8 nitrogen and oxygen atoms in total. The molecule has 162 valence electrons. The van der Waals surface area contributed by atoms with Crippen molar-refractivity contribution in [3.8, 4) is 11.6 Å². The highest BCUT2D eigenvalue weighted by atomic mass is 19.4. The summed E-state index contributed by atoms with van der Waals surface area (Å²) in [4.78, 5) is 24.3. The van der Waals surface area contributed by atoms with E-state index in [1.54, 1.807) is 24.0 Å². The Hall–Kier alpha value is -3.50. The molecule has 0 bridgehead atoms. The molecule has 0 saturated carbocycles. The molecule has 4 heterocycles. The minimum atomic E-state index is -4.46. The Morgan fingerprint density at radius 1 is 1.16 bits per heavy atom. The van der Waals surface area contributed by atoms with Crippen LogP contribution in [0, 0.1) is 6.92 Å². The minimum Gasteiger partial charge on any atom is -0.472 e. The van der Waals surface area contributed by atoms with Gasteiger partial charge in [0, 0.05) is 24.5 Å². The zero-order valence-corrected chi connectivity index (χ0v) is 16.6. The molecule has 0 N–H and O–H groups in total. The zero-order chi connectivity index (χ0) is 22.0. The minimum absolute atomic E-state index is 0.0856. The van der Waals surface area contributed by atoms with Crippen LogP contribution in [-0.4, -0.2) is 55.0 Å². The van der Waals surface area contributed by atoms with Crippen molar-refractivity contribution in [1.29, 1.82) is 0 Å². The smallest absolute Gasteiger partial charge is 0.417 e. The van der Waals surface area contributed by atoms with Gasteiger partial charge in [0.2, 0.25) is 5.88 Å². The highest BCUT2D eigenvalue weighted by Crippen LogP contribution is 2.29. The van der Waals surface area contributed by atoms with Gasteiger partial charge in [-0.3, -0.25) is 4.79 Å². The predicted octanol–water partition coefficient (Wildman–Crippen LogP) is 3.07. The molecule has 0 aliphatic carbocycles. The third-order valence-corrected chi connectivity index (χ3v) is 4.87. The van der Waals surface area contributed by atoms with Crippen molar-refractivity contribution >= 4 is 5.91 Å². The van der Waals surface area contributed by atoms with Crippen LogP contribution in [-0.2, 0) is 6.18 Å². The number of carbonyl (C=O) groups excluding carboxylic acids is 1. The molecule has 1 fully saturated rings. The molecule has 1 atom stereocenters. The maximum atomic E-state index is 13.2. The molecular formula is C20H19F3N6O2. The highest BCUT2D eigenvalue weighted by Gasteiger charge is 2.32. The number of pyridine rings is 2. The lowest BCUT2D eigenvalue weighted by atomic mass is 10.1. The van der Waals surface area contributed by atoms with Crippen LogP contribution < -0.4 is 4.74 Å². The van der Waals surface area contributed by atoms with Crippen molar-refractivity contribution in [2.75, 3.05) is 13.1 Å². The second kappa shape index (κ2) is 8.32. The molecule has 1 unspecified atom stereocenters. The van der Waals surface area contributed by atoms with Gasteiger partial charge in [-0.15, -0.1) is 4.80 Å². The number of likely N-dealkylation sites (tertiary alicyclic amines) is 1. The van der Waals surface area contributed by atoms with Gasteiger partial charge in [-0.1, -0.05) is 0 Å². The number of ether oxygens (including phenoxy) is 1. The van der Waals surface area contributed by atoms with Gasteiger partial charge >= 0.3 is 6.18 Å². The molecule has 11 heteroatoms. The average molecular weight is 432 g/mol. The number of hydrogen-bond acceptors (Lipinski definition) is 6. The highest BCUT2D eigenvalue weighted by molar-refractivity contribution is 5.95. The zero-order valence-electron chi connectivity index (χ0n) is 16.6. The van der Waals surface area contributed by atoms with E-state index in [4.69, 9.17) is 4.74 Å². The molecular weight excluding hydrogens is 413 g/mol. The van der Waals surface area contributed by atoms with Crippen LogP contribution in [0.3, 0.4) is 0 Å². The topological polar surface area (TPSA) is 86.0 Å². The standard InChI is InChI=1S/C20H19F3N6O2/c1-13-4-6-16(29-25-8-9-26-29)18(27-13)19(30)28-10-2-3-15(12-28)31-17-7-5-14(11-24-17)20(21,22)23/h4-9,11,15H,2-3,10,12H2,1H3. The first-order valence-electron chi connectivity index (χ1n) is 9.65. The summed E-state index contributed by atoms with van der Waals surface area (Å²) in [6.45, 7) is 2.57. The number of alkyl halides is 3. The van der Waals surface area contributed by atoms with Crippen molar-refractivity contribution < 1.29 is 22.7 Å². The Morgan fingerprint density at radius 2 is 1.94 bits per heavy atom. The van der Waals surface area contributed by atoms with Crippen molar-refractivity contribution in [3.05, 3.63) is 59.8 Å². The van der Waals surface area contributed by atoms with Crippen molar-refractivity contribution in [2.24, 2.45) is 0 Å². The molecule has 4 rings (SSSR count). The Kier molecular flexibility index (Phi) is 5.57. The van der Waals surface area contributed by atoms with Crippen molar-refractivity contribution in [2.45, 2.75) is 32.0 Å². The third-order valence-electron chi connectivity index (χ3n) is 4.87. The average Bonchev–Trinajstić information content (AvgIpc) is 3.28. The van der Waals surface area contributed by atoms with E-state index in [1.165, 1.54) is 23.3 Å². The predicted molar refractivity (Wildman–Crippen MR) is 103 cm³/mol. The van der Waals surface area contributed by atoms with Crippen LogP contribution in [0.25, 0.3) is 5.69 Å². The lowest BCUT2D eigenvalue weighted by Gasteiger charge is -2.32. The summed E-state index contributed by atoms with van der Waals surface area (Å²) in [5.74, 6) is -0.202. The molecule has 1 saturated heterocycles. The van der Waals surface area contributed by atoms with E-state index in [9.17, 15) is 18.0 Å². The van der Waals surface area contributed by atoms with Crippen molar-refractivity contribution in [3.63, 3.8) is 0 Å². The summed E-state index contributed by atoms with van der Waals surface area (Å²) in [7, 11) is 0. The van der Waals surface area contributed by atoms with Gasteiger partial charge in [-0.2, -0.15) is 23.4 Å². The first kappa shape index (κ1) is 20.8. The van der Waals surface area contributed by atoms with Gasteiger partial charge in [0.05, 0.1) is 24.5 Å². The monoisotopic (exact) mass is 432 g/mol. The van der Waals surface area contributed by atoms with E-state index in [-0.39, 0.29) is 24.0 Å². The van der Waals surface area contributed by atoms with Crippen LogP contribution in [0.15, 0.2) is 42.9 Å². The maximum absolute atomic E-state index is 13.2. The lowest BCUT2D eigenvalue weighted by Crippen LogP contribution is -2.45. The van der Waals surface area contributed by atoms with Crippen LogP contribution >= 0.6 is 0 Å². The van der Waals surface area contributed by atoms with E-state index in [0.717, 1.165) is 12.3 Å². The second-order valence-electron chi connectivity index (χ2n) is 7.16. The number of rotatable bonds is 4. The van der Waals surface area contributed by atoms with Gasteiger partial charge in [0.1, 0.15) is 11.8 Å². The number of nitrogens with zero attached hydrogens (tertiary/aromatic N) is 6. The van der Waals surface area contributed by atoms with Gasteiger partial charge < -0.3 is 9.64 Å². The van der Waals surface area contributed by atoms with Gasteiger partial charge in [0.15, 0.2) is 5.69 Å². The quantitative estimate of drug-likeness (QED) is 0.630. The Labute approximate surface area is 175 Å². The first-order valence-corrected chi connectivity index (χ1v) is 9.65. The summed E-state index contributed by atoms with van der Waals surface area (Å²) in [5, 5.41) is 8.16. The first-order chi connectivity index (χ1) is 14.8. The fraction of sp³-hybridized carbons (Fsp3) is 0.350. The van der Waals surface area contributed by atoms with Gasteiger partial charge in [-0.05, 0) is 38.0 Å².